The third-order valence-corrected chi connectivity index (χ3v) is 4.53. The first-order chi connectivity index (χ1) is 14.5. The van der Waals surface area contributed by atoms with Crippen molar-refractivity contribution in [1.82, 2.24) is 14.7 Å². The predicted octanol–water partition coefficient (Wildman–Crippen LogP) is 5.61. The quantitative estimate of drug-likeness (QED) is 0.389. The zero-order valence-corrected chi connectivity index (χ0v) is 15.3. The van der Waals surface area contributed by atoms with Crippen LogP contribution >= 0.6 is 0 Å². The number of hydrogen-bond donors (Lipinski definition) is 0. The largest absolute Gasteiger partial charge is 0.471 e. The fourth-order valence-electron chi connectivity index (χ4n) is 3.01. The van der Waals surface area contributed by atoms with Crippen molar-refractivity contribution >= 4 is 16.8 Å². The van der Waals surface area contributed by atoms with Crippen LogP contribution in [0.25, 0.3) is 22.3 Å². The number of hydrogen-bond acceptors (Lipinski definition) is 4. The molecule has 5 nitrogen and oxygen atoms in total. The van der Waals surface area contributed by atoms with Crippen molar-refractivity contribution in [1.29, 1.82) is 0 Å². The van der Waals surface area contributed by atoms with Crippen molar-refractivity contribution in [2.24, 2.45) is 0 Å². The van der Waals surface area contributed by atoms with Crippen molar-refractivity contribution in [2.45, 2.75) is 18.8 Å². The normalized spacial score (nSPS) is 12.5. The molecular weight excluding hydrogens is 428 g/mol. The van der Waals surface area contributed by atoms with E-state index in [1.807, 2.05) is 0 Å². The maximum atomic E-state index is 12.7. The fourth-order valence-corrected chi connectivity index (χ4v) is 3.01. The smallest absolute Gasteiger partial charge is 0.329 e. The number of nitrogens with zero attached hydrogens (tertiary/aromatic N) is 3. The van der Waals surface area contributed by atoms with E-state index in [-0.39, 0.29) is 17.8 Å². The lowest BCUT2D eigenvalue weighted by atomic mass is 10.1. The van der Waals surface area contributed by atoms with Gasteiger partial charge in [0.05, 0.1) is 17.5 Å². The summed E-state index contributed by atoms with van der Waals surface area (Å²) in [7, 11) is 0. The van der Waals surface area contributed by atoms with E-state index in [2.05, 4.69) is 14.7 Å². The first-order valence-corrected chi connectivity index (χ1v) is 8.74. The van der Waals surface area contributed by atoms with Crippen LogP contribution in [0.3, 0.4) is 0 Å². The van der Waals surface area contributed by atoms with Gasteiger partial charge in [-0.1, -0.05) is 29.4 Å². The molecule has 0 saturated carbocycles. The number of fused-ring (bicyclic) bond motifs is 1. The minimum atomic E-state index is -4.78. The molecule has 11 heteroatoms. The summed E-state index contributed by atoms with van der Waals surface area (Å²) in [5.41, 5.74) is 0.142. The summed E-state index contributed by atoms with van der Waals surface area (Å²) in [5, 5.41) is 3.95. The van der Waals surface area contributed by atoms with E-state index in [1.54, 1.807) is 12.1 Å². The lowest BCUT2D eigenvalue weighted by molar-refractivity contribution is -0.159. The van der Waals surface area contributed by atoms with Crippen molar-refractivity contribution in [3.8, 4) is 11.4 Å². The number of halogens is 6. The third-order valence-electron chi connectivity index (χ3n) is 4.53. The van der Waals surface area contributed by atoms with Gasteiger partial charge in [-0.25, -0.2) is 0 Å². The Labute approximate surface area is 169 Å². The Kier molecular flexibility index (Phi) is 4.83. The molecule has 0 atom stereocenters. The van der Waals surface area contributed by atoms with Crippen molar-refractivity contribution in [3.63, 3.8) is 0 Å². The standard InChI is InChI=1S/C20H11F6N3O2/c21-19(22,23)14-5-1-11(2-6-14)9-16(30)29-8-7-12-3-4-13(10-15(12)29)17-27-18(31-28-17)20(24,25)26/h1-8,10H,9H2. The van der Waals surface area contributed by atoms with Gasteiger partial charge in [-0.15, -0.1) is 0 Å². The average molecular weight is 439 g/mol. The van der Waals surface area contributed by atoms with Crippen LogP contribution in [-0.2, 0) is 18.8 Å². The summed E-state index contributed by atoms with van der Waals surface area (Å²) in [6, 6.07) is 10.3. The van der Waals surface area contributed by atoms with Crippen LogP contribution < -0.4 is 0 Å². The third kappa shape index (κ3) is 4.16. The van der Waals surface area contributed by atoms with E-state index in [0.29, 0.717) is 16.5 Å². The zero-order chi connectivity index (χ0) is 22.4. The molecule has 0 bridgehead atoms. The number of carbonyl (C=O) groups excluding carboxylic acids is 1. The molecule has 0 spiro atoms. The first-order valence-electron chi connectivity index (χ1n) is 8.74. The van der Waals surface area contributed by atoms with Crippen molar-refractivity contribution in [2.75, 3.05) is 0 Å². The van der Waals surface area contributed by atoms with E-state index < -0.39 is 29.7 Å². The monoisotopic (exact) mass is 439 g/mol. The van der Waals surface area contributed by atoms with Crippen LogP contribution in [0.1, 0.15) is 21.8 Å². The van der Waals surface area contributed by atoms with Crippen LogP contribution in [0, 0.1) is 0 Å². The summed E-state index contributed by atoms with van der Waals surface area (Å²) in [5.74, 6) is -2.22. The molecule has 4 aromatic rings. The van der Waals surface area contributed by atoms with Crippen molar-refractivity contribution < 1.29 is 35.7 Å². The highest BCUT2D eigenvalue weighted by molar-refractivity contribution is 5.95. The van der Waals surface area contributed by atoms with Gasteiger partial charge in [-0.05, 0) is 29.8 Å². The van der Waals surface area contributed by atoms with Crippen LogP contribution in [0.2, 0.25) is 0 Å². The molecule has 0 unspecified atom stereocenters. The second-order valence-electron chi connectivity index (χ2n) is 6.65. The number of benzene rings is 2. The first kappa shape index (κ1) is 20.6. The Balaban J connectivity index is 1.61. The highest BCUT2D eigenvalue weighted by Gasteiger charge is 2.38. The molecule has 0 aliphatic heterocycles. The minimum absolute atomic E-state index is 0.174. The van der Waals surface area contributed by atoms with E-state index in [0.717, 1.165) is 12.1 Å². The second-order valence-corrected chi connectivity index (χ2v) is 6.65. The molecule has 2 aromatic carbocycles. The van der Waals surface area contributed by atoms with Gasteiger partial charge in [-0.2, -0.15) is 31.3 Å². The Morgan fingerprint density at radius 3 is 2.26 bits per heavy atom. The maximum Gasteiger partial charge on any atom is 0.471 e. The number of aromatic nitrogens is 3. The summed E-state index contributed by atoms with van der Waals surface area (Å²) >= 11 is 0. The topological polar surface area (TPSA) is 60.9 Å². The SMILES string of the molecule is O=C(Cc1ccc(C(F)(F)F)cc1)n1ccc2ccc(-c3noc(C(F)(F)F)n3)cc21. The van der Waals surface area contributed by atoms with Crippen LogP contribution in [0.4, 0.5) is 26.3 Å². The molecular formula is C20H11F6N3O2. The van der Waals surface area contributed by atoms with Gasteiger partial charge in [0.2, 0.25) is 11.7 Å². The molecule has 31 heavy (non-hydrogen) atoms. The Morgan fingerprint density at radius 2 is 1.65 bits per heavy atom. The van der Waals surface area contributed by atoms with Gasteiger partial charge in [-0.3, -0.25) is 9.36 Å². The number of alkyl halides is 6. The van der Waals surface area contributed by atoms with E-state index >= 15 is 0 Å². The molecule has 2 aromatic heterocycles. The van der Waals surface area contributed by atoms with Gasteiger partial charge < -0.3 is 4.52 Å². The molecule has 0 radical (unpaired) electrons. The van der Waals surface area contributed by atoms with Crippen LogP contribution in [0.15, 0.2) is 59.3 Å². The van der Waals surface area contributed by atoms with Crippen LogP contribution in [0.5, 0.6) is 0 Å². The summed E-state index contributed by atoms with van der Waals surface area (Å²) in [4.78, 5) is 16.0. The van der Waals surface area contributed by atoms with E-state index in [1.165, 1.54) is 35.0 Å². The maximum absolute atomic E-state index is 12.7. The molecule has 4 rings (SSSR count). The van der Waals surface area contributed by atoms with Gasteiger partial charge in [0.1, 0.15) is 0 Å². The predicted molar refractivity (Wildman–Crippen MR) is 96.0 cm³/mol. The molecule has 0 aliphatic rings. The molecule has 0 aliphatic carbocycles. The van der Waals surface area contributed by atoms with E-state index in [4.69, 9.17) is 0 Å². The second kappa shape index (κ2) is 7.25. The summed E-state index contributed by atoms with van der Waals surface area (Å²) in [6.07, 6.45) is -7.96. The van der Waals surface area contributed by atoms with Gasteiger partial charge >= 0.3 is 18.2 Å². The Morgan fingerprint density at radius 1 is 0.935 bits per heavy atom. The minimum Gasteiger partial charge on any atom is -0.329 e. The molecule has 2 heterocycles. The highest BCUT2D eigenvalue weighted by atomic mass is 19.4. The van der Waals surface area contributed by atoms with Gasteiger partial charge in [0, 0.05) is 17.1 Å². The summed E-state index contributed by atoms with van der Waals surface area (Å²) in [6.45, 7) is 0. The Bertz CT molecular complexity index is 1250. The Hall–Kier alpha value is -3.63. The molecule has 0 N–H and O–H groups in total. The zero-order valence-electron chi connectivity index (χ0n) is 15.3. The fraction of sp³-hybridized carbons (Fsp3) is 0.150. The molecule has 160 valence electrons. The average Bonchev–Trinajstić information content (AvgIpc) is 3.34. The lowest BCUT2D eigenvalue weighted by Crippen LogP contribution is -2.12. The molecule has 0 saturated heterocycles. The molecule has 0 fully saturated rings. The highest BCUT2D eigenvalue weighted by Crippen LogP contribution is 2.31. The lowest BCUT2D eigenvalue weighted by Gasteiger charge is -2.08. The number of rotatable bonds is 3. The van der Waals surface area contributed by atoms with Gasteiger partial charge in [0.15, 0.2) is 0 Å². The molecule has 0 amide bonds. The van der Waals surface area contributed by atoms with Crippen molar-refractivity contribution in [3.05, 3.63) is 71.7 Å². The number of carbonyl (C=O) groups is 1. The van der Waals surface area contributed by atoms with E-state index in [9.17, 15) is 31.1 Å². The van der Waals surface area contributed by atoms with Gasteiger partial charge in [0.25, 0.3) is 0 Å². The van der Waals surface area contributed by atoms with Crippen LogP contribution in [-0.4, -0.2) is 20.6 Å². The summed E-state index contributed by atoms with van der Waals surface area (Å²) < 4.78 is 81.6.